The second kappa shape index (κ2) is 11.2. The van der Waals surface area contributed by atoms with Crippen LogP contribution in [0.4, 0.5) is 4.79 Å². The smallest absolute Gasteiger partial charge is 0.326 e. The summed E-state index contributed by atoms with van der Waals surface area (Å²) < 4.78 is 16.4. The van der Waals surface area contributed by atoms with E-state index in [2.05, 4.69) is 6.07 Å². The largest absolute Gasteiger partial charge is 0.490 e. The Hall–Kier alpha value is -3.77. The summed E-state index contributed by atoms with van der Waals surface area (Å²) in [7, 11) is 0. The summed E-state index contributed by atoms with van der Waals surface area (Å²) in [6.07, 6.45) is 1.56. The highest BCUT2D eigenvalue weighted by Gasteiger charge is 2.36. The molecule has 0 aromatic heterocycles. The number of carbonyl (C=O) groups excluding carboxylic acids is 3. The first kappa shape index (κ1) is 23.9. The van der Waals surface area contributed by atoms with Crippen molar-refractivity contribution in [1.29, 1.82) is 5.26 Å². The van der Waals surface area contributed by atoms with E-state index in [0.29, 0.717) is 29.2 Å². The van der Waals surface area contributed by atoms with Gasteiger partial charge < -0.3 is 14.2 Å². The average Bonchev–Trinajstić information content (AvgIpc) is 3.06. The van der Waals surface area contributed by atoms with Crippen molar-refractivity contribution in [2.75, 3.05) is 19.8 Å². The first-order chi connectivity index (χ1) is 16.0. The lowest BCUT2D eigenvalue weighted by Gasteiger charge is -2.13. The first-order valence-corrected chi connectivity index (χ1v) is 11.1. The van der Waals surface area contributed by atoms with Crippen molar-refractivity contribution >= 4 is 35.0 Å². The molecule has 0 radical (unpaired) electrons. The number of carbonyl (C=O) groups is 3. The number of amides is 2. The normalized spacial score (nSPS) is 14.3. The van der Waals surface area contributed by atoms with Crippen LogP contribution >= 0.6 is 11.8 Å². The molecule has 0 bridgehead atoms. The molecule has 1 heterocycles. The second-order valence-corrected chi connectivity index (χ2v) is 7.76. The average molecular weight is 467 g/mol. The van der Waals surface area contributed by atoms with Crippen LogP contribution in [0.15, 0.2) is 47.4 Å². The number of rotatable bonds is 9. The molecule has 0 spiro atoms. The Labute approximate surface area is 195 Å². The molecule has 170 valence electrons. The van der Waals surface area contributed by atoms with Crippen molar-refractivity contribution in [1.82, 2.24) is 4.90 Å². The van der Waals surface area contributed by atoms with Crippen molar-refractivity contribution in [2.24, 2.45) is 0 Å². The summed E-state index contributed by atoms with van der Waals surface area (Å²) in [5.41, 5.74) is 1.91. The van der Waals surface area contributed by atoms with Crippen LogP contribution in [0.2, 0.25) is 0 Å². The summed E-state index contributed by atoms with van der Waals surface area (Å²) in [6, 6.07) is 14.4. The van der Waals surface area contributed by atoms with Gasteiger partial charge in [-0.15, -0.1) is 0 Å². The highest BCUT2D eigenvalue weighted by molar-refractivity contribution is 8.18. The van der Waals surface area contributed by atoms with Crippen LogP contribution in [0.25, 0.3) is 6.08 Å². The van der Waals surface area contributed by atoms with E-state index in [1.165, 1.54) is 0 Å². The van der Waals surface area contributed by atoms with E-state index in [4.69, 9.17) is 14.2 Å². The molecule has 3 rings (SSSR count). The summed E-state index contributed by atoms with van der Waals surface area (Å²) in [5.74, 6) is -0.243. The molecule has 2 amide bonds. The lowest BCUT2D eigenvalue weighted by atomic mass is 10.1. The van der Waals surface area contributed by atoms with Gasteiger partial charge in [0.1, 0.15) is 13.2 Å². The number of hydrogen-bond donors (Lipinski definition) is 0. The molecule has 1 fully saturated rings. The number of thioether (sulfide) groups is 1. The Balaban J connectivity index is 1.78. The third-order valence-electron chi connectivity index (χ3n) is 4.55. The van der Waals surface area contributed by atoms with Crippen molar-refractivity contribution < 1.29 is 28.6 Å². The summed E-state index contributed by atoms with van der Waals surface area (Å²) >= 11 is 0.760. The molecule has 0 aliphatic carbocycles. The quantitative estimate of drug-likeness (QED) is 0.401. The monoisotopic (exact) mass is 466 g/mol. The van der Waals surface area contributed by atoms with Crippen LogP contribution in [0.5, 0.6) is 11.5 Å². The number of nitriles is 1. The van der Waals surface area contributed by atoms with E-state index >= 15 is 0 Å². The van der Waals surface area contributed by atoms with Crippen LogP contribution < -0.4 is 9.47 Å². The zero-order valence-electron chi connectivity index (χ0n) is 18.2. The fourth-order valence-corrected chi connectivity index (χ4v) is 3.87. The van der Waals surface area contributed by atoms with Crippen LogP contribution in [0.3, 0.4) is 0 Å². The summed E-state index contributed by atoms with van der Waals surface area (Å²) in [4.78, 5) is 37.5. The molecule has 2 aromatic rings. The Morgan fingerprint density at radius 2 is 1.88 bits per heavy atom. The van der Waals surface area contributed by atoms with E-state index in [9.17, 15) is 19.6 Å². The summed E-state index contributed by atoms with van der Waals surface area (Å²) in [6.45, 7) is 3.82. The van der Waals surface area contributed by atoms with Gasteiger partial charge in [0.05, 0.1) is 29.8 Å². The lowest BCUT2D eigenvalue weighted by Crippen LogP contribution is -2.34. The van der Waals surface area contributed by atoms with Gasteiger partial charge in [-0.05, 0) is 55.4 Å². The molecule has 8 nitrogen and oxygen atoms in total. The molecule has 0 unspecified atom stereocenters. The van der Waals surface area contributed by atoms with Crippen LogP contribution in [-0.4, -0.2) is 41.8 Å². The van der Waals surface area contributed by atoms with Crippen LogP contribution in [0.1, 0.15) is 30.5 Å². The third kappa shape index (κ3) is 5.93. The van der Waals surface area contributed by atoms with E-state index in [-0.39, 0.29) is 18.1 Å². The number of ether oxygens (including phenoxy) is 3. The van der Waals surface area contributed by atoms with Gasteiger partial charge in [-0.25, -0.2) is 0 Å². The molecule has 1 aliphatic rings. The number of imide groups is 1. The van der Waals surface area contributed by atoms with Gasteiger partial charge >= 0.3 is 5.97 Å². The van der Waals surface area contributed by atoms with Gasteiger partial charge in [0, 0.05) is 5.56 Å². The molecule has 0 saturated carbocycles. The zero-order chi connectivity index (χ0) is 23.8. The molecular weight excluding hydrogens is 444 g/mol. The maximum absolute atomic E-state index is 12.6. The minimum Gasteiger partial charge on any atom is -0.490 e. The highest BCUT2D eigenvalue weighted by atomic mass is 32.2. The van der Waals surface area contributed by atoms with Crippen molar-refractivity contribution in [2.45, 2.75) is 20.5 Å². The standard InChI is InChI=1S/C24H22N2O6S/c1-3-30-20-11-16(9-10-19(20)32-15-18-8-6-5-7-17(18)13-25)12-21-23(28)26(24(29)33-21)14-22(27)31-4-2/h5-12H,3-4,14-15H2,1-2H3/b21-12+. The Morgan fingerprint density at radius 3 is 2.61 bits per heavy atom. The Morgan fingerprint density at radius 1 is 1.09 bits per heavy atom. The number of benzene rings is 2. The highest BCUT2D eigenvalue weighted by Crippen LogP contribution is 2.35. The molecule has 0 N–H and O–H groups in total. The van der Waals surface area contributed by atoms with E-state index in [0.717, 1.165) is 22.2 Å². The fraction of sp³-hybridized carbons (Fsp3) is 0.250. The minimum atomic E-state index is -0.640. The predicted octanol–water partition coefficient (Wildman–Crippen LogP) is 4.14. The predicted molar refractivity (Wildman–Crippen MR) is 122 cm³/mol. The molecule has 0 atom stereocenters. The number of esters is 1. The van der Waals surface area contributed by atoms with Crippen LogP contribution in [0, 0.1) is 11.3 Å². The maximum atomic E-state index is 12.6. The van der Waals surface area contributed by atoms with E-state index < -0.39 is 23.7 Å². The first-order valence-electron chi connectivity index (χ1n) is 10.3. The zero-order valence-corrected chi connectivity index (χ0v) is 19.0. The van der Waals surface area contributed by atoms with Gasteiger partial charge in [0.2, 0.25) is 0 Å². The van der Waals surface area contributed by atoms with E-state index in [1.807, 2.05) is 19.1 Å². The number of nitrogens with zero attached hydrogens (tertiary/aromatic N) is 2. The molecule has 1 aliphatic heterocycles. The van der Waals surface area contributed by atoms with Crippen LogP contribution in [-0.2, 0) is 20.9 Å². The van der Waals surface area contributed by atoms with Gasteiger partial charge in [0.25, 0.3) is 11.1 Å². The minimum absolute atomic E-state index is 0.168. The Bertz CT molecular complexity index is 1140. The molecule has 2 aromatic carbocycles. The summed E-state index contributed by atoms with van der Waals surface area (Å²) in [5, 5.41) is 8.71. The molecule has 1 saturated heterocycles. The van der Waals surface area contributed by atoms with Gasteiger partial charge in [-0.1, -0.05) is 24.3 Å². The SMILES string of the molecule is CCOC(=O)CN1C(=O)S/C(=C/c2ccc(OCc3ccccc3C#N)c(OCC)c2)C1=O. The van der Waals surface area contributed by atoms with Crippen molar-refractivity contribution in [3.63, 3.8) is 0 Å². The lowest BCUT2D eigenvalue weighted by molar-refractivity contribution is -0.145. The topological polar surface area (TPSA) is 106 Å². The van der Waals surface area contributed by atoms with Crippen molar-refractivity contribution in [3.8, 4) is 17.6 Å². The van der Waals surface area contributed by atoms with Crippen molar-refractivity contribution in [3.05, 3.63) is 64.1 Å². The van der Waals surface area contributed by atoms with Gasteiger partial charge in [-0.2, -0.15) is 5.26 Å². The second-order valence-electron chi connectivity index (χ2n) is 6.77. The number of hydrogen-bond acceptors (Lipinski definition) is 8. The third-order valence-corrected chi connectivity index (χ3v) is 5.46. The van der Waals surface area contributed by atoms with E-state index in [1.54, 1.807) is 43.3 Å². The van der Waals surface area contributed by atoms with Gasteiger partial charge in [-0.3, -0.25) is 19.3 Å². The molecule has 33 heavy (non-hydrogen) atoms. The van der Waals surface area contributed by atoms with Gasteiger partial charge in [0.15, 0.2) is 11.5 Å². The fourth-order valence-electron chi connectivity index (χ4n) is 3.04. The maximum Gasteiger partial charge on any atom is 0.326 e. The molecule has 9 heteroatoms. The Kier molecular flexibility index (Phi) is 8.11. The molecular formula is C24H22N2O6S.